The van der Waals surface area contributed by atoms with E-state index in [0.717, 1.165) is 11.3 Å². The summed E-state index contributed by atoms with van der Waals surface area (Å²) in [5, 5.41) is 0. The molecule has 0 saturated carbocycles. The molecule has 2 N–H and O–H groups in total. The van der Waals surface area contributed by atoms with Crippen LogP contribution in [0.3, 0.4) is 0 Å². The van der Waals surface area contributed by atoms with Gasteiger partial charge in [-0.2, -0.15) is 0 Å². The Morgan fingerprint density at radius 1 is 1.43 bits per heavy atom. The number of oxazole rings is 1. The van der Waals surface area contributed by atoms with E-state index in [2.05, 4.69) is 4.98 Å². The van der Waals surface area contributed by atoms with Crippen LogP contribution >= 0.6 is 0 Å². The van der Waals surface area contributed by atoms with Crippen molar-refractivity contribution in [2.75, 3.05) is 12.8 Å². The largest absolute Gasteiger partial charge is 0.497 e. The zero-order valence-corrected chi connectivity index (χ0v) is 7.73. The van der Waals surface area contributed by atoms with Crippen LogP contribution in [0.2, 0.25) is 0 Å². The molecule has 0 amide bonds. The molecule has 2 rings (SSSR count). The van der Waals surface area contributed by atoms with Crippen molar-refractivity contribution in [3.8, 4) is 17.1 Å². The fraction of sp³-hybridized carbons (Fsp3) is 0.100. The maximum Gasteiger partial charge on any atom is 0.292 e. The van der Waals surface area contributed by atoms with Gasteiger partial charge in [-0.05, 0) is 12.1 Å². The van der Waals surface area contributed by atoms with Crippen LogP contribution in [-0.4, -0.2) is 12.1 Å². The normalized spacial score (nSPS) is 10.1. The lowest BCUT2D eigenvalue weighted by atomic mass is 10.2. The minimum absolute atomic E-state index is 0.169. The highest BCUT2D eigenvalue weighted by Gasteiger charge is 2.04. The molecule has 2 aromatic rings. The van der Waals surface area contributed by atoms with Gasteiger partial charge in [-0.25, -0.2) is 4.98 Å². The van der Waals surface area contributed by atoms with E-state index in [0.29, 0.717) is 5.76 Å². The highest BCUT2D eigenvalue weighted by molar-refractivity contribution is 5.59. The van der Waals surface area contributed by atoms with Crippen molar-refractivity contribution < 1.29 is 9.15 Å². The molecule has 1 aromatic heterocycles. The van der Waals surface area contributed by atoms with E-state index in [1.165, 1.54) is 0 Å². The molecule has 4 nitrogen and oxygen atoms in total. The monoisotopic (exact) mass is 190 g/mol. The van der Waals surface area contributed by atoms with Crippen molar-refractivity contribution in [1.29, 1.82) is 0 Å². The molecule has 0 bridgehead atoms. The Hall–Kier alpha value is -1.97. The van der Waals surface area contributed by atoms with E-state index in [4.69, 9.17) is 14.9 Å². The Balaban J connectivity index is 2.41. The molecule has 0 aliphatic rings. The highest BCUT2D eigenvalue weighted by Crippen LogP contribution is 2.24. The number of ether oxygens (including phenoxy) is 1. The maximum atomic E-state index is 5.38. The first kappa shape index (κ1) is 8.62. The van der Waals surface area contributed by atoms with Crippen molar-refractivity contribution in [1.82, 2.24) is 4.98 Å². The smallest absolute Gasteiger partial charge is 0.292 e. The van der Waals surface area contributed by atoms with Crippen molar-refractivity contribution in [3.63, 3.8) is 0 Å². The van der Waals surface area contributed by atoms with Gasteiger partial charge in [0.15, 0.2) is 5.76 Å². The van der Waals surface area contributed by atoms with E-state index < -0.39 is 0 Å². The number of hydrogen-bond donors (Lipinski definition) is 1. The topological polar surface area (TPSA) is 61.3 Å². The first-order chi connectivity index (χ1) is 6.79. The predicted octanol–water partition coefficient (Wildman–Crippen LogP) is 1.93. The van der Waals surface area contributed by atoms with Crippen LogP contribution in [0.4, 0.5) is 6.01 Å². The van der Waals surface area contributed by atoms with Gasteiger partial charge in [-0.1, -0.05) is 12.1 Å². The van der Waals surface area contributed by atoms with Crippen LogP contribution in [-0.2, 0) is 0 Å². The molecule has 0 atom stereocenters. The maximum absolute atomic E-state index is 5.38. The third kappa shape index (κ3) is 1.54. The molecule has 1 heterocycles. The summed E-state index contributed by atoms with van der Waals surface area (Å²) >= 11 is 0. The van der Waals surface area contributed by atoms with Crippen molar-refractivity contribution in [2.45, 2.75) is 0 Å². The summed E-state index contributed by atoms with van der Waals surface area (Å²) in [6, 6.07) is 7.68. The van der Waals surface area contributed by atoms with Crippen LogP contribution in [0.15, 0.2) is 34.9 Å². The minimum atomic E-state index is 0.169. The molecule has 0 radical (unpaired) electrons. The van der Waals surface area contributed by atoms with E-state index in [1.807, 2.05) is 24.3 Å². The second-order valence-corrected chi connectivity index (χ2v) is 2.79. The van der Waals surface area contributed by atoms with Gasteiger partial charge in [0.1, 0.15) is 5.75 Å². The molecule has 0 saturated heterocycles. The average Bonchev–Trinajstić information content (AvgIpc) is 2.65. The number of aromatic nitrogens is 1. The van der Waals surface area contributed by atoms with E-state index in [9.17, 15) is 0 Å². The van der Waals surface area contributed by atoms with Crippen LogP contribution in [0.1, 0.15) is 0 Å². The molecule has 0 fully saturated rings. The molecule has 14 heavy (non-hydrogen) atoms. The van der Waals surface area contributed by atoms with Gasteiger partial charge in [0.05, 0.1) is 13.3 Å². The third-order valence-corrected chi connectivity index (χ3v) is 1.88. The van der Waals surface area contributed by atoms with Gasteiger partial charge in [0.2, 0.25) is 0 Å². The van der Waals surface area contributed by atoms with E-state index >= 15 is 0 Å². The lowest BCUT2D eigenvalue weighted by Gasteiger charge is -2.00. The molecule has 72 valence electrons. The van der Waals surface area contributed by atoms with Gasteiger partial charge >= 0.3 is 0 Å². The van der Waals surface area contributed by atoms with Crippen molar-refractivity contribution in [3.05, 3.63) is 30.5 Å². The minimum Gasteiger partial charge on any atom is -0.497 e. The number of nitrogen functional groups attached to an aromatic ring is 1. The molecule has 1 aromatic carbocycles. The van der Waals surface area contributed by atoms with Gasteiger partial charge in [-0.3, -0.25) is 0 Å². The Morgan fingerprint density at radius 2 is 2.29 bits per heavy atom. The van der Waals surface area contributed by atoms with Crippen LogP contribution in [0.25, 0.3) is 11.3 Å². The second kappa shape index (κ2) is 3.41. The molecule has 0 spiro atoms. The van der Waals surface area contributed by atoms with Crippen LogP contribution in [0.5, 0.6) is 5.75 Å². The van der Waals surface area contributed by atoms with Crippen molar-refractivity contribution >= 4 is 6.01 Å². The van der Waals surface area contributed by atoms with Gasteiger partial charge in [0.25, 0.3) is 6.01 Å². The zero-order valence-electron chi connectivity index (χ0n) is 7.73. The summed E-state index contributed by atoms with van der Waals surface area (Å²) in [6.07, 6.45) is 1.59. The number of benzene rings is 1. The van der Waals surface area contributed by atoms with E-state index in [-0.39, 0.29) is 6.01 Å². The number of methoxy groups -OCH3 is 1. The van der Waals surface area contributed by atoms with Crippen molar-refractivity contribution in [2.24, 2.45) is 0 Å². The molecular weight excluding hydrogens is 180 g/mol. The third-order valence-electron chi connectivity index (χ3n) is 1.88. The molecule has 0 aliphatic heterocycles. The SMILES string of the molecule is COc1cccc(-c2cnc(N)o2)c1. The van der Waals surface area contributed by atoms with E-state index in [1.54, 1.807) is 13.3 Å². The van der Waals surface area contributed by atoms with Gasteiger partial charge in [0, 0.05) is 5.56 Å². The number of nitrogens with zero attached hydrogens (tertiary/aromatic N) is 1. The standard InChI is InChI=1S/C10H10N2O2/c1-13-8-4-2-3-7(5-8)9-6-12-10(11)14-9/h2-6H,1H3,(H2,11,12). The van der Waals surface area contributed by atoms with Gasteiger partial charge in [-0.15, -0.1) is 0 Å². The first-order valence-corrected chi connectivity index (χ1v) is 4.15. The predicted molar refractivity (Wildman–Crippen MR) is 52.9 cm³/mol. The first-order valence-electron chi connectivity index (χ1n) is 4.15. The summed E-state index contributed by atoms with van der Waals surface area (Å²) in [5.41, 5.74) is 6.27. The average molecular weight is 190 g/mol. The van der Waals surface area contributed by atoms with Gasteiger partial charge < -0.3 is 14.9 Å². The second-order valence-electron chi connectivity index (χ2n) is 2.79. The fourth-order valence-electron chi connectivity index (χ4n) is 1.20. The molecule has 4 heteroatoms. The lowest BCUT2D eigenvalue weighted by molar-refractivity contribution is 0.415. The Bertz CT molecular complexity index is 437. The quantitative estimate of drug-likeness (QED) is 0.786. The zero-order chi connectivity index (χ0) is 9.97. The lowest BCUT2D eigenvalue weighted by Crippen LogP contribution is -1.82. The Morgan fingerprint density at radius 3 is 2.93 bits per heavy atom. The molecular formula is C10H10N2O2. The number of rotatable bonds is 2. The number of hydrogen-bond acceptors (Lipinski definition) is 4. The summed E-state index contributed by atoms with van der Waals surface area (Å²) in [5.74, 6) is 1.42. The summed E-state index contributed by atoms with van der Waals surface area (Å²) in [4.78, 5) is 3.82. The summed E-state index contributed by atoms with van der Waals surface area (Å²) < 4.78 is 10.3. The summed E-state index contributed by atoms with van der Waals surface area (Å²) in [6.45, 7) is 0. The molecule has 0 aliphatic carbocycles. The highest BCUT2D eigenvalue weighted by atomic mass is 16.5. The Labute approximate surface area is 81.3 Å². The fourth-order valence-corrected chi connectivity index (χ4v) is 1.20. The summed E-state index contributed by atoms with van der Waals surface area (Å²) in [7, 11) is 1.62. The molecule has 0 unspecified atom stereocenters. The number of anilines is 1. The van der Waals surface area contributed by atoms with Crippen LogP contribution < -0.4 is 10.5 Å². The van der Waals surface area contributed by atoms with Crippen LogP contribution in [0, 0.1) is 0 Å². The number of nitrogens with two attached hydrogens (primary N) is 1. The Kier molecular flexibility index (Phi) is 2.10.